The van der Waals surface area contributed by atoms with Crippen LogP contribution in [0.1, 0.15) is 91.5 Å². The van der Waals surface area contributed by atoms with Crippen molar-refractivity contribution in [2.75, 3.05) is 25.1 Å². The Labute approximate surface area is 228 Å². The molecule has 12 heteroatoms. The molecule has 3 atom stereocenters. The number of nitrogens with zero attached hydrogens (tertiary/aromatic N) is 2. The van der Waals surface area contributed by atoms with Gasteiger partial charge in [-0.25, -0.2) is 18.4 Å². The van der Waals surface area contributed by atoms with Crippen LogP contribution >= 0.6 is 0 Å². The van der Waals surface area contributed by atoms with Gasteiger partial charge in [-0.05, 0) is 33.3 Å². The summed E-state index contributed by atoms with van der Waals surface area (Å²) in [7, 11) is 0. The van der Waals surface area contributed by atoms with E-state index in [0.717, 1.165) is 36.4 Å². The van der Waals surface area contributed by atoms with E-state index < -0.39 is 60.4 Å². The van der Waals surface area contributed by atoms with E-state index in [1.807, 2.05) is 0 Å². The SMILES string of the molecule is CCCCCCCCC(n1ccc(NC(=O)OC(C)(C)C)nc1=O)C(F)(F)CC(CO)C(=O)OC1CCOC1. The fraction of sp³-hybridized carbons (Fsp3) is 0.778. The fourth-order valence-corrected chi connectivity index (χ4v) is 4.35. The van der Waals surface area contributed by atoms with Crippen molar-refractivity contribution in [1.29, 1.82) is 0 Å². The maximum Gasteiger partial charge on any atom is 0.413 e. The zero-order valence-electron chi connectivity index (χ0n) is 23.4. The highest BCUT2D eigenvalue weighted by Crippen LogP contribution is 2.38. The van der Waals surface area contributed by atoms with Crippen LogP contribution in [0.5, 0.6) is 0 Å². The molecule has 1 aliphatic heterocycles. The number of aliphatic hydroxyl groups is 1. The van der Waals surface area contributed by atoms with Gasteiger partial charge in [-0.2, -0.15) is 4.98 Å². The number of rotatable bonds is 15. The Morgan fingerprint density at radius 2 is 1.92 bits per heavy atom. The molecule has 3 unspecified atom stereocenters. The minimum Gasteiger partial charge on any atom is -0.460 e. The van der Waals surface area contributed by atoms with E-state index in [1.165, 1.54) is 6.07 Å². The van der Waals surface area contributed by atoms with Crippen molar-refractivity contribution < 1.29 is 37.7 Å². The predicted octanol–water partition coefficient (Wildman–Crippen LogP) is 4.85. The number of aliphatic hydroxyl groups excluding tert-OH is 1. The van der Waals surface area contributed by atoms with Crippen molar-refractivity contribution in [1.82, 2.24) is 9.55 Å². The van der Waals surface area contributed by atoms with Gasteiger partial charge in [-0.1, -0.05) is 45.4 Å². The normalized spacial score (nSPS) is 17.5. The van der Waals surface area contributed by atoms with Crippen molar-refractivity contribution in [2.45, 2.75) is 109 Å². The summed E-state index contributed by atoms with van der Waals surface area (Å²) < 4.78 is 47.9. The molecule has 2 rings (SSSR count). The van der Waals surface area contributed by atoms with E-state index in [9.17, 15) is 19.5 Å². The first-order chi connectivity index (χ1) is 18.4. The number of hydrogen-bond acceptors (Lipinski definition) is 8. The number of carbonyl (C=O) groups excluding carboxylic acids is 2. The van der Waals surface area contributed by atoms with Crippen molar-refractivity contribution in [3.8, 4) is 0 Å². The number of aromatic nitrogens is 2. The minimum atomic E-state index is -3.55. The second kappa shape index (κ2) is 15.3. The summed E-state index contributed by atoms with van der Waals surface area (Å²) in [4.78, 5) is 41.2. The molecular weight excluding hydrogens is 516 g/mol. The van der Waals surface area contributed by atoms with Crippen LogP contribution in [0.15, 0.2) is 17.1 Å². The summed E-state index contributed by atoms with van der Waals surface area (Å²) >= 11 is 0. The average Bonchev–Trinajstić information content (AvgIpc) is 3.34. The number of amides is 1. The Balaban J connectivity index is 2.21. The van der Waals surface area contributed by atoms with Crippen molar-refractivity contribution >= 4 is 17.9 Å². The second-order valence-electron chi connectivity index (χ2n) is 11.0. The molecule has 1 aromatic rings. The highest BCUT2D eigenvalue weighted by atomic mass is 19.3. The number of carbonyl (C=O) groups is 2. The molecular formula is C27H43F2N3O7. The Bertz CT molecular complexity index is 975. The van der Waals surface area contributed by atoms with Crippen LogP contribution in [0.4, 0.5) is 19.4 Å². The summed E-state index contributed by atoms with van der Waals surface area (Å²) in [5.74, 6) is -6.08. The Kier molecular flexibility index (Phi) is 12.8. The van der Waals surface area contributed by atoms with Crippen LogP contribution in [0.25, 0.3) is 0 Å². The minimum absolute atomic E-state index is 0.0385. The average molecular weight is 560 g/mol. The highest BCUT2D eigenvalue weighted by molar-refractivity contribution is 5.83. The van der Waals surface area contributed by atoms with Gasteiger partial charge in [0.25, 0.3) is 5.92 Å². The number of hydrogen-bond donors (Lipinski definition) is 2. The predicted molar refractivity (Wildman–Crippen MR) is 141 cm³/mol. The van der Waals surface area contributed by atoms with Gasteiger partial charge in [0.2, 0.25) is 0 Å². The highest BCUT2D eigenvalue weighted by Gasteiger charge is 2.45. The number of halogens is 2. The van der Waals surface area contributed by atoms with E-state index in [-0.39, 0.29) is 18.8 Å². The summed E-state index contributed by atoms with van der Waals surface area (Å²) in [6.45, 7) is 6.87. The summed E-state index contributed by atoms with van der Waals surface area (Å²) in [6, 6.07) is -0.371. The molecule has 39 heavy (non-hydrogen) atoms. The molecule has 222 valence electrons. The van der Waals surface area contributed by atoms with Crippen LogP contribution in [-0.4, -0.2) is 64.2 Å². The molecule has 2 heterocycles. The Hall–Kier alpha value is -2.60. The van der Waals surface area contributed by atoms with E-state index in [4.69, 9.17) is 14.2 Å². The van der Waals surface area contributed by atoms with Gasteiger partial charge in [-0.3, -0.25) is 14.7 Å². The number of anilines is 1. The maximum absolute atomic E-state index is 15.8. The number of nitrogens with one attached hydrogen (secondary N) is 1. The molecule has 1 amide bonds. The fourth-order valence-electron chi connectivity index (χ4n) is 4.35. The van der Waals surface area contributed by atoms with Crippen molar-refractivity contribution in [2.24, 2.45) is 5.92 Å². The van der Waals surface area contributed by atoms with Gasteiger partial charge < -0.3 is 19.3 Å². The van der Waals surface area contributed by atoms with Crippen molar-refractivity contribution in [3.05, 3.63) is 22.7 Å². The molecule has 0 bridgehead atoms. The molecule has 1 fully saturated rings. The molecule has 1 saturated heterocycles. The van der Waals surface area contributed by atoms with E-state index >= 15 is 8.78 Å². The van der Waals surface area contributed by atoms with Crippen molar-refractivity contribution in [3.63, 3.8) is 0 Å². The van der Waals surface area contributed by atoms with Gasteiger partial charge in [-0.15, -0.1) is 0 Å². The molecule has 1 aromatic heterocycles. The molecule has 0 aromatic carbocycles. The lowest BCUT2D eigenvalue weighted by Crippen LogP contribution is -2.41. The van der Waals surface area contributed by atoms with Gasteiger partial charge in [0.15, 0.2) is 0 Å². The van der Waals surface area contributed by atoms with Crippen LogP contribution in [-0.2, 0) is 19.0 Å². The van der Waals surface area contributed by atoms with Crippen LogP contribution in [0.2, 0.25) is 0 Å². The lowest BCUT2D eigenvalue weighted by Gasteiger charge is -2.30. The molecule has 0 aliphatic carbocycles. The standard InChI is InChI=1S/C27H43F2N3O7/c1-5-6-7-8-9-10-11-21(27(28,29)16-19(17-33)23(34)38-20-13-15-37-18-20)32-14-12-22(30-24(32)35)31-25(36)39-26(2,3)4/h12,14,19-21,33H,5-11,13,15-18H2,1-4H3,(H,30,31,35,36). The molecule has 1 aliphatic rings. The van der Waals surface area contributed by atoms with E-state index in [2.05, 4.69) is 17.2 Å². The topological polar surface area (TPSA) is 129 Å². The first-order valence-electron chi connectivity index (χ1n) is 13.7. The monoisotopic (exact) mass is 559 g/mol. The Morgan fingerprint density at radius 1 is 1.23 bits per heavy atom. The molecule has 0 spiro atoms. The number of unbranched alkanes of at least 4 members (excludes halogenated alkanes) is 5. The molecule has 10 nitrogen and oxygen atoms in total. The second-order valence-corrected chi connectivity index (χ2v) is 11.0. The summed E-state index contributed by atoms with van der Waals surface area (Å²) in [5.41, 5.74) is -1.76. The third-order valence-electron chi connectivity index (χ3n) is 6.36. The quantitative estimate of drug-likeness (QED) is 0.231. The first kappa shape index (κ1) is 32.6. The van der Waals surface area contributed by atoms with Gasteiger partial charge in [0.05, 0.1) is 25.7 Å². The smallest absolute Gasteiger partial charge is 0.413 e. The maximum atomic E-state index is 15.8. The lowest BCUT2D eigenvalue weighted by atomic mass is 9.92. The van der Waals surface area contributed by atoms with Gasteiger partial charge in [0.1, 0.15) is 23.6 Å². The summed E-state index contributed by atoms with van der Waals surface area (Å²) in [5, 5.41) is 12.1. The van der Waals surface area contributed by atoms with Gasteiger partial charge in [0, 0.05) is 19.0 Å². The third kappa shape index (κ3) is 11.2. The van der Waals surface area contributed by atoms with Crippen LogP contribution in [0, 0.1) is 5.92 Å². The Morgan fingerprint density at radius 3 is 2.51 bits per heavy atom. The van der Waals surface area contributed by atoms with E-state index in [0.29, 0.717) is 25.9 Å². The van der Waals surface area contributed by atoms with E-state index in [1.54, 1.807) is 20.8 Å². The summed E-state index contributed by atoms with van der Waals surface area (Å²) in [6.07, 6.45) is 4.34. The van der Waals surface area contributed by atoms with Gasteiger partial charge >= 0.3 is 17.8 Å². The number of esters is 1. The lowest BCUT2D eigenvalue weighted by molar-refractivity contribution is -0.161. The molecule has 0 saturated carbocycles. The zero-order chi connectivity index (χ0) is 29.1. The number of alkyl halides is 2. The largest absolute Gasteiger partial charge is 0.460 e. The molecule has 2 N–H and O–H groups in total. The number of ether oxygens (including phenoxy) is 3. The zero-order valence-corrected chi connectivity index (χ0v) is 23.4. The first-order valence-corrected chi connectivity index (χ1v) is 13.7. The van der Waals surface area contributed by atoms with Crippen LogP contribution in [0.3, 0.4) is 0 Å². The third-order valence-corrected chi connectivity index (χ3v) is 6.36. The molecule has 0 radical (unpaired) electrons. The van der Waals surface area contributed by atoms with Crippen LogP contribution < -0.4 is 11.0 Å².